The molecule has 0 saturated heterocycles. The van der Waals surface area contributed by atoms with Gasteiger partial charge in [0.25, 0.3) is 0 Å². The van der Waals surface area contributed by atoms with E-state index in [1.54, 1.807) is 13.2 Å². The fraction of sp³-hybridized carbons (Fsp3) is 0.389. The molecule has 0 aliphatic carbocycles. The van der Waals surface area contributed by atoms with Gasteiger partial charge in [0, 0.05) is 0 Å². The molecule has 1 N–H and O–H groups in total. The van der Waals surface area contributed by atoms with Crippen LogP contribution in [0.5, 0.6) is 5.75 Å². The Hall–Kier alpha value is -2.27. The van der Waals surface area contributed by atoms with Crippen LogP contribution < -0.4 is 4.74 Å². The first kappa shape index (κ1) is 17.1. The average Bonchev–Trinajstić information content (AvgIpc) is 2.77. The number of carboxylic acid groups (broad SMARTS) is 1. The van der Waals surface area contributed by atoms with Crippen molar-refractivity contribution >= 4 is 12.0 Å². The number of carbonyl (C=O) groups is 1. The molecule has 1 aliphatic heterocycles. The lowest BCUT2D eigenvalue weighted by atomic mass is 10.0. The van der Waals surface area contributed by atoms with E-state index in [-0.39, 0.29) is 5.57 Å². The predicted molar refractivity (Wildman–Crippen MR) is 87.3 cm³/mol. The Morgan fingerprint density at radius 3 is 2.52 bits per heavy atom. The third kappa shape index (κ3) is 3.74. The number of rotatable bonds is 6. The van der Waals surface area contributed by atoms with Crippen molar-refractivity contribution in [3.63, 3.8) is 0 Å². The van der Waals surface area contributed by atoms with Crippen LogP contribution >= 0.6 is 0 Å². The SMILES string of the molecule is CCOC1=C(C(=O)O)[C@H](/C=C/c2ccc(OC)cc2)OC1(C)C. The van der Waals surface area contributed by atoms with E-state index in [0.29, 0.717) is 12.4 Å². The van der Waals surface area contributed by atoms with Gasteiger partial charge in [-0.05, 0) is 38.5 Å². The molecule has 0 fully saturated rings. The predicted octanol–water partition coefficient (Wildman–Crippen LogP) is 3.26. The first-order valence-corrected chi connectivity index (χ1v) is 7.50. The molecule has 5 nitrogen and oxygen atoms in total. The van der Waals surface area contributed by atoms with Gasteiger partial charge in [-0.1, -0.05) is 24.3 Å². The zero-order valence-electron chi connectivity index (χ0n) is 13.8. The molecule has 23 heavy (non-hydrogen) atoms. The summed E-state index contributed by atoms with van der Waals surface area (Å²) in [5, 5.41) is 9.51. The van der Waals surface area contributed by atoms with Crippen molar-refractivity contribution in [1.82, 2.24) is 0 Å². The smallest absolute Gasteiger partial charge is 0.338 e. The largest absolute Gasteiger partial charge is 0.497 e. The van der Waals surface area contributed by atoms with Crippen LogP contribution in [0.2, 0.25) is 0 Å². The van der Waals surface area contributed by atoms with E-state index in [0.717, 1.165) is 11.3 Å². The monoisotopic (exact) mass is 318 g/mol. The summed E-state index contributed by atoms with van der Waals surface area (Å²) in [6.07, 6.45) is 2.92. The number of carboxylic acids is 1. The van der Waals surface area contributed by atoms with Crippen LogP contribution in [0.1, 0.15) is 26.3 Å². The highest BCUT2D eigenvalue weighted by Gasteiger charge is 2.44. The van der Waals surface area contributed by atoms with Crippen LogP contribution in [0.25, 0.3) is 6.08 Å². The molecule has 0 radical (unpaired) electrons. The lowest BCUT2D eigenvalue weighted by molar-refractivity contribution is -0.133. The fourth-order valence-corrected chi connectivity index (χ4v) is 2.55. The van der Waals surface area contributed by atoms with Crippen molar-refractivity contribution in [3.05, 3.63) is 47.2 Å². The number of benzene rings is 1. The molecule has 124 valence electrons. The zero-order chi connectivity index (χ0) is 17.0. The maximum Gasteiger partial charge on any atom is 0.338 e. The summed E-state index contributed by atoms with van der Waals surface area (Å²) in [5.41, 5.74) is 0.321. The van der Waals surface area contributed by atoms with Crippen LogP contribution in [0.4, 0.5) is 0 Å². The van der Waals surface area contributed by atoms with E-state index in [1.807, 2.05) is 51.1 Å². The molecule has 1 aliphatic rings. The summed E-state index contributed by atoms with van der Waals surface area (Å²) in [7, 11) is 1.61. The number of aliphatic carboxylic acids is 1. The van der Waals surface area contributed by atoms with E-state index in [9.17, 15) is 9.90 Å². The van der Waals surface area contributed by atoms with Crippen LogP contribution in [-0.4, -0.2) is 36.5 Å². The molecule has 0 saturated carbocycles. The molecule has 1 atom stereocenters. The fourth-order valence-electron chi connectivity index (χ4n) is 2.55. The third-order valence-corrected chi connectivity index (χ3v) is 3.60. The van der Waals surface area contributed by atoms with Crippen LogP contribution in [0, 0.1) is 0 Å². The van der Waals surface area contributed by atoms with Crippen molar-refractivity contribution in [2.24, 2.45) is 0 Å². The Labute approximate surface area is 136 Å². The van der Waals surface area contributed by atoms with Crippen LogP contribution in [0.15, 0.2) is 41.7 Å². The molecule has 1 heterocycles. The molecule has 2 rings (SSSR count). The number of hydrogen-bond donors (Lipinski definition) is 1. The van der Waals surface area contributed by atoms with Gasteiger partial charge in [0.1, 0.15) is 28.8 Å². The third-order valence-electron chi connectivity index (χ3n) is 3.60. The number of methoxy groups -OCH3 is 1. The van der Waals surface area contributed by atoms with Crippen molar-refractivity contribution in [3.8, 4) is 5.75 Å². The van der Waals surface area contributed by atoms with Gasteiger partial charge < -0.3 is 19.3 Å². The normalized spacial score (nSPS) is 20.1. The second-order valence-corrected chi connectivity index (χ2v) is 5.66. The van der Waals surface area contributed by atoms with Crippen LogP contribution in [0.3, 0.4) is 0 Å². The Kier molecular flexibility index (Phi) is 5.11. The van der Waals surface area contributed by atoms with Gasteiger partial charge in [-0.2, -0.15) is 0 Å². The molecule has 0 unspecified atom stereocenters. The first-order chi connectivity index (χ1) is 10.9. The van der Waals surface area contributed by atoms with Crippen molar-refractivity contribution in [2.75, 3.05) is 13.7 Å². The number of hydrogen-bond acceptors (Lipinski definition) is 4. The highest BCUT2D eigenvalue weighted by Crippen LogP contribution is 2.37. The van der Waals surface area contributed by atoms with E-state index < -0.39 is 17.7 Å². The summed E-state index contributed by atoms with van der Waals surface area (Å²) in [5.74, 6) is 0.130. The molecular weight excluding hydrogens is 296 g/mol. The first-order valence-electron chi connectivity index (χ1n) is 7.50. The van der Waals surface area contributed by atoms with Gasteiger partial charge in [-0.15, -0.1) is 0 Å². The quantitative estimate of drug-likeness (QED) is 0.872. The Bertz CT molecular complexity index is 625. The van der Waals surface area contributed by atoms with Gasteiger partial charge in [0.05, 0.1) is 13.7 Å². The maximum absolute atomic E-state index is 11.6. The van der Waals surface area contributed by atoms with E-state index >= 15 is 0 Å². The van der Waals surface area contributed by atoms with Gasteiger partial charge >= 0.3 is 5.97 Å². The molecule has 1 aromatic carbocycles. The highest BCUT2D eigenvalue weighted by atomic mass is 16.6. The molecule has 1 aromatic rings. The standard InChI is InChI=1S/C18H22O5/c1-5-22-16-15(17(19)20)14(23-18(16,2)3)11-8-12-6-9-13(21-4)10-7-12/h6-11,14H,5H2,1-4H3,(H,19,20)/b11-8+/t14-/m0/s1. The van der Waals surface area contributed by atoms with Crippen molar-refractivity contribution in [1.29, 1.82) is 0 Å². The zero-order valence-corrected chi connectivity index (χ0v) is 13.8. The van der Waals surface area contributed by atoms with Gasteiger partial charge in [0.15, 0.2) is 0 Å². The summed E-state index contributed by atoms with van der Waals surface area (Å²) >= 11 is 0. The lowest BCUT2D eigenvalue weighted by Crippen LogP contribution is -2.25. The second kappa shape index (κ2) is 6.87. The van der Waals surface area contributed by atoms with E-state index in [4.69, 9.17) is 14.2 Å². The molecular formula is C18H22O5. The average molecular weight is 318 g/mol. The molecule has 0 spiro atoms. The minimum Gasteiger partial charge on any atom is -0.497 e. The van der Waals surface area contributed by atoms with Gasteiger partial charge in [0.2, 0.25) is 0 Å². The summed E-state index contributed by atoms with van der Waals surface area (Å²) in [6.45, 7) is 5.83. The summed E-state index contributed by atoms with van der Waals surface area (Å²) < 4.78 is 16.5. The van der Waals surface area contributed by atoms with Crippen LogP contribution in [-0.2, 0) is 14.3 Å². The van der Waals surface area contributed by atoms with E-state index in [2.05, 4.69) is 0 Å². The van der Waals surface area contributed by atoms with Gasteiger partial charge in [-0.3, -0.25) is 0 Å². The summed E-state index contributed by atoms with van der Waals surface area (Å²) in [4.78, 5) is 11.6. The minimum atomic E-state index is -1.02. The lowest BCUT2D eigenvalue weighted by Gasteiger charge is -2.22. The van der Waals surface area contributed by atoms with Crippen molar-refractivity contribution in [2.45, 2.75) is 32.5 Å². The Balaban J connectivity index is 2.27. The topological polar surface area (TPSA) is 65.0 Å². The minimum absolute atomic E-state index is 0.154. The molecule has 0 aromatic heterocycles. The number of ether oxygens (including phenoxy) is 3. The molecule has 0 bridgehead atoms. The second-order valence-electron chi connectivity index (χ2n) is 5.66. The summed E-state index contributed by atoms with van der Waals surface area (Å²) in [6, 6.07) is 7.48. The van der Waals surface area contributed by atoms with Crippen molar-refractivity contribution < 1.29 is 24.1 Å². The Morgan fingerprint density at radius 2 is 2.00 bits per heavy atom. The van der Waals surface area contributed by atoms with Gasteiger partial charge in [-0.25, -0.2) is 4.79 Å². The van der Waals surface area contributed by atoms with E-state index in [1.165, 1.54) is 0 Å². The Morgan fingerprint density at radius 1 is 1.35 bits per heavy atom. The highest BCUT2D eigenvalue weighted by molar-refractivity contribution is 5.90. The molecule has 0 amide bonds. The maximum atomic E-state index is 11.6. The molecule has 5 heteroatoms.